The van der Waals surface area contributed by atoms with Crippen LogP contribution in [0.15, 0.2) is 47.1 Å². The molecule has 0 spiro atoms. The van der Waals surface area contributed by atoms with Crippen LogP contribution in [0.5, 0.6) is 5.75 Å². The van der Waals surface area contributed by atoms with Crippen molar-refractivity contribution < 1.29 is 27.9 Å². The molecule has 1 aromatic rings. The van der Waals surface area contributed by atoms with E-state index in [9.17, 15) is 18.0 Å². The fourth-order valence-corrected chi connectivity index (χ4v) is 2.10. The fraction of sp³-hybridized carbons (Fsp3) is 0.455. The van der Waals surface area contributed by atoms with Crippen LogP contribution in [0.3, 0.4) is 0 Å². The summed E-state index contributed by atoms with van der Waals surface area (Å²) in [6.45, 7) is 15.9. The van der Waals surface area contributed by atoms with E-state index in [1.54, 1.807) is 12.1 Å². The lowest BCUT2D eigenvalue weighted by molar-refractivity contribution is -0.129. The number of allylic oxidation sites excluding steroid dienone is 1. The molecular formula is C22H33F3N2O3. The Labute approximate surface area is 177 Å². The van der Waals surface area contributed by atoms with Gasteiger partial charge in [0.05, 0.1) is 11.3 Å². The quantitative estimate of drug-likeness (QED) is 0.123. The number of hydrogen-bond donors (Lipinski definition) is 2. The number of alkyl halides is 3. The standard InChI is InChI=1S/C18H21F3N2O3.2C2H6/c1-5-12-8-9-14(23-25)15(10-12)26-17(24)13(6-2)11(4)22-16(7-3)18(19,20)21;2*1-2/h6,8-10,23,25H,2,5,7H2,1,3-4H3;2*1-2H3/b13-11+,22-16?;;. The van der Waals surface area contributed by atoms with E-state index in [4.69, 9.17) is 9.94 Å². The van der Waals surface area contributed by atoms with E-state index >= 15 is 0 Å². The van der Waals surface area contributed by atoms with Gasteiger partial charge in [0.25, 0.3) is 0 Å². The largest absolute Gasteiger partial charge is 0.429 e. The number of carbonyl (C=O) groups excluding carboxylic acids is 1. The average molecular weight is 431 g/mol. The van der Waals surface area contributed by atoms with Crippen molar-refractivity contribution in [2.75, 3.05) is 5.48 Å². The third kappa shape index (κ3) is 9.26. The van der Waals surface area contributed by atoms with Gasteiger partial charge in [0.1, 0.15) is 11.4 Å². The smallest absolute Gasteiger partial charge is 0.421 e. The molecule has 0 saturated carbocycles. The second-order valence-electron chi connectivity index (χ2n) is 5.30. The van der Waals surface area contributed by atoms with Gasteiger partial charge in [0.2, 0.25) is 0 Å². The van der Waals surface area contributed by atoms with E-state index in [0.29, 0.717) is 6.42 Å². The molecule has 30 heavy (non-hydrogen) atoms. The van der Waals surface area contributed by atoms with Gasteiger partial charge in [-0.05, 0) is 37.5 Å². The highest BCUT2D eigenvalue weighted by Crippen LogP contribution is 2.27. The molecule has 170 valence electrons. The van der Waals surface area contributed by atoms with Crippen molar-refractivity contribution in [3.05, 3.63) is 47.7 Å². The van der Waals surface area contributed by atoms with Gasteiger partial charge in [-0.1, -0.05) is 60.3 Å². The Morgan fingerprint density at radius 3 is 2.20 bits per heavy atom. The molecule has 0 aliphatic rings. The molecule has 0 bridgehead atoms. The van der Waals surface area contributed by atoms with E-state index < -0.39 is 17.9 Å². The number of aliphatic imine (C=N–C) groups is 1. The molecule has 0 aromatic heterocycles. The Hall–Kier alpha value is -2.61. The third-order valence-electron chi connectivity index (χ3n) is 3.56. The number of anilines is 1. The van der Waals surface area contributed by atoms with Crippen LogP contribution in [0.4, 0.5) is 18.9 Å². The van der Waals surface area contributed by atoms with Crippen LogP contribution in [0, 0.1) is 0 Å². The maximum atomic E-state index is 12.8. The van der Waals surface area contributed by atoms with Gasteiger partial charge in [-0.25, -0.2) is 4.79 Å². The first-order valence-corrected chi connectivity index (χ1v) is 9.91. The lowest BCUT2D eigenvalue weighted by atomic mass is 10.1. The van der Waals surface area contributed by atoms with Crippen molar-refractivity contribution in [1.82, 2.24) is 0 Å². The molecule has 8 heteroatoms. The molecule has 0 amide bonds. The Balaban J connectivity index is 0. The Kier molecular flexibility index (Phi) is 15.1. The van der Waals surface area contributed by atoms with E-state index in [1.165, 1.54) is 19.9 Å². The minimum absolute atomic E-state index is 0.0412. The first kappa shape index (κ1) is 29.6. The third-order valence-corrected chi connectivity index (χ3v) is 3.56. The van der Waals surface area contributed by atoms with Crippen LogP contribution in [-0.4, -0.2) is 23.1 Å². The fourth-order valence-electron chi connectivity index (χ4n) is 2.10. The van der Waals surface area contributed by atoms with Crippen LogP contribution in [0.25, 0.3) is 0 Å². The topological polar surface area (TPSA) is 70.9 Å². The average Bonchev–Trinajstić information content (AvgIpc) is 2.74. The Morgan fingerprint density at radius 2 is 1.80 bits per heavy atom. The summed E-state index contributed by atoms with van der Waals surface area (Å²) in [5.41, 5.74) is 1.52. The summed E-state index contributed by atoms with van der Waals surface area (Å²) in [6.07, 6.45) is -3.18. The summed E-state index contributed by atoms with van der Waals surface area (Å²) < 4.78 is 43.8. The molecule has 0 saturated heterocycles. The highest BCUT2D eigenvalue weighted by molar-refractivity contribution is 5.96. The van der Waals surface area contributed by atoms with Crippen molar-refractivity contribution in [2.45, 2.75) is 67.5 Å². The molecular weight excluding hydrogens is 397 g/mol. The van der Waals surface area contributed by atoms with Gasteiger partial charge in [-0.15, -0.1) is 0 Å². The second-order valence-corrected chi connectivity index (χ2v) is 5.30. The number of hydrogen-bond acceptors (Lipinski definition) is 5. The molecule has 1 aromatic carbocycles. The molecule has 5 nitrogen and oxygen atoms in total. The van der Waals surface area contributed by atoms with E-state index in [1.807, 2.05) is 40.1 Å². The molecule has 0 aliphatic heterocycles. The SMILES string of the molecule is C=C/C(C(=O)Oc1cc(CC)ccc1NO)=C(/C)N=C(CC)C(F)(F)F.CC.CC. The molecule has 1 rings (SSSR count). The van der Waals surface area contributed by atoms with Crippen molar-refractivity contribution in [1.29, 1.82) is 0 Å². The normalized spacial score (nSPS) is 11.8. The zero-order chi connectivity index (χ0) is 23.9. The maximum Gasteiger partial charge on any atom is 0.429 e. The van der Waals surface area contributed by atoms with Crippen molar-refractivity contribution in [2.24, 2.45) is 4.99 Å². The van der Waals surface area contributed by atoms with Crippen LogP contribution >= 0.6 is 0 Å². The van der Waals surface area contributed by atoms with Gasteiger partial charge in [-0.3, -0.25) is 15.7 Å². The van der Waals surface area contributed by atoms with Crippen LogP contribution < -0.4 is 10.2 Å². The number of halogens is 3. The number of rotatable bonds is 7. The summed E-state index contributed by atoms with van der Waals surface area (Å²) in [5.74, 6) is -0.886. The molecule has 0 aliphatic carbocycles. The summed E-state index contributed by atoms with van der Waals surface area (Å²) in [7, 11) is 0. The molecule has 0 radical (unpaired) electrons. The van der Waals surface area contributed by atoms with Crippen LogP contribution in [-0.2, 0) is 11.2 Å². The van der Waals surface area contributed by atoms with Gasteiger partial charge in [0, 0.05) is 0 Å². The predicted molar refractivity (Wildman–Crippen MR) is 116 cm³/mol. The monoisotopic (exact) mass is 430 g/mol. The van der Waals surface area contributed by atoms with Gasteiger partial charge < -0.3 is 4.74 Å². The number of nitrogens with one attached hydrogen (secondary N) is 1. The lowest BCUT2D eigenvalue weighted by Crippen LogP contribution is -2.22. The number of aryl methyl sites for hydroxylation is 1. The van der Waals surface area contributed by atoms with Crippen molar-refractivity contribution in [3.63, 3.8) is 0 Å². The van der Waals surface area contributed by atoms with E-state index in [-0.39, 0.29) is 29.1 Å². The summed E-state index contributed by atoms with van der Waals surface area (Å²) >= 11 is 0. The van der Waals surface area contributed by atoms with Crippen molar-refractivity contribution in [3.8, 4) is 5.75 Å². The first-order valence-electron chi connectivity index (χ1n) is 9.91. The number of nitrogens with zero attached hydrogens (tertiary/aromatic N) is 1. The molecule has 0 fully saturated rings. The lowest BCUT2D eigenvalue weighted by Gasteiger charge is -2.12. The number of benzene rings is 1. The molecule has 0 heterocycles. The van der Waals surface area contributed by atoms with E-state index in [2.05, 4.69) is 11.6 Å². The van der Waals surface area contributed by atoms with Crippen LogP contribution in [0.1, 0.15) is 60.5 Å². The number of carbonyl (C=O) groups is 1. The second kappa shape index (κ2) is 15.3. The minimum Gasteiger partial charge on any atom is -0.421 e. The van der Waals surface area contributed by atoms with Crippen molar-refractivity contribution >= 4 is 17.4 Å². The predicted octanol–water partition coefficient (Wildman–Crippen LogP) is 6.88. The zero-order valence-corrected chi connectivity index (χ0v) is 18.8. The minimum atomic E-state index is -4.59. The molecule has 0 atom stereocenters. The summed E-state index contributed by atoms with van der Waals surface area (Å²) in [6, 6.07) is 4.79. The maximum absolute atomic E-state index is 12.8. The first-order chi connectivity index (χ1) is 14.2. The molecule has 0 unspecified atom stereocenters. The number of esters is 1. The zero-order valence-electron chi connectivity index (χ0n) is 18.8. The Bertz CT molecular complexity index is 740. The summed E-state index contributed by atoms with van der Waals surface area (Å²) in [4.78, 5) is 15.9. The number of ether oxygens (including phenoxy) is 1. The Morgan fingerprint density at radius 1 is 1.23 bits per heavy atom. The molecule has 2 N–H and O–H groups in total. The van der Waals surface area contributed by atoms with Gasteiger partial charge >= 0.3 is 12.1 Å². The summed E-state index contributed by atoms with van der Waals surface area (Å²) in [5, 5.41) is 9.12. The van der Waals surface area contributed by atoms with Gasteiger partial charge in [0.15, 0.2) is 5.75 Å². The van der Waals surface area contributed by atoms with Crippen LogP contribution in [0.2, 0.25) is 0 Å². The van der Waals surface area contributed by atoms with E-state index in [0.717, 1.165) is 11.6 Å². The highest BCUT2D eigenvalue weighted by atomic mass is 19.4. The van der Waals surface area contributed by atoms with Gasteiger partial charge in [-0.2, -0.15) is 13.2 Å². The highest BCUT2D eigenvalue weighted by Gasteiger charge is 2.34.